The van der Waals surface area contributed by atoms with Crippen LogP contribution >= 0.6 is 23.4 Å². The zero-order valence-corrected chi connectivity index (χ0v) is 22.7. The van der Waals surface area contributed by atoms with Crippen LogP contribution in [-0.4, -0.2) is 23.2 Å². The number of anilines is 2. The number of hydrogen-bond acceptors (Lipinski definition) is 4. The van der Waals surface area contributed by atoms with Gasteiger partial charge in [0, 0.05) is 23.0 Å². The van der Waals surface area contributed by atoms with Crippen molar-refractivity contribution in [3.05, 3.63) is 131 Å². The van der Waals surface area contributed by atoms with Gasteiger partial charge in [-0.3, -0.25) is 14.9 Å². The lowest BCUT2D eigenvalue weighted by Gasteiger charge is -2.15. The van der Waals surface area contributed by atoms with Crippen molar-refractivity contribution in [1.29, 1.82) is 0 Å². The minimum absolute atomic E-state index is 0.232. The van der Waals surface area contributed by atoms with Crippen LogP contribution in [0.2, 0.25) is 0 Å². The molecule has 0 radical (unpaired) electrons. The number of halogens is 6. The molecule has 0 spiro atoms. The molecular weight excluding hydrogens is 603 g/mol. The molecule has 4 aromatic carbocycles. The van der Waals surface area contributed by atoms with Crippen molar-refractivity contribution in [3.63, 3.8) is 0 Å². The molecule has 4 aromatic rings. The Kier molecular flexibility index (Phi) is 13.0. The van der Waals surface area contributed by atoms with Crippen molar-refractivity contribution in [1.82, 2.24) is 5.32 Å². The number of amides is 5. The van der Waals surface area contributed by atoms with Crippen molar-refractivity contribution < 1.29 is 36.7 Å². The van der Waals surface area contributed by atoms with Crippen molar-refractivity contribution in [3.8, 4) is 0 Å². The maximum atomic E-state index is 13.5. The second kappa shape index (κ2) is 16.4. The minimum Gasteiger partial charge on any atom is -0.351 e. The van der Waals surface area contributed by atoms with Gasteiger partial charge in [-0.15, -0.1) is 0 Å². The summed E-state index contributed by atoms with van der Waals surface area (Å²) in [7, 11) is 0. The Labute approximate surface area is 246 Å². The predicted molar refractivity (Wildman–Crippen MR) is 150 cm³/mol. The number of urea groups is 2. The smallest absolute Gasteiger partial charge is 0.343 e. The van der Waals surface area contributed by atoms with Crippen LogP contribution in [0.25, 0.3) is 0 Å². The van der Waals surface area contributed by atoms with Crippen LogP contribution in [0.3, 0.4) is 0 Å². The van der Waals surface area contributed by atoms with Crippen molar-refractivity contribution in [2.45, 2.75) is 0 Å². The molecular formula is C28H20Cl2F4N4O4. The van der Waals surface area contributed by atoms with Gasteiger partial charge < -0.3 is 11.1 Å². The van der Waals surface area contributed by atoms with Crippen LogP contribution in [0.4, 0.5) is 38.5 Å². The van der Waals surface area contributed by atoms with Crippen LogP contribution in [0.1, 0.15) is 20.7 Å². The maximum absolute atomic E-state index is 13.5. The summed E-state index contributed by atoms with van der Waals surface area (Å²) in [5.41, 5.74) is 4.90. The second-order valence-electron chi connectivity index (χ2n) is 7.71. The van der Waals surface area contributed by atoms with E-state index < -0.39 is 57.7 Å². The molecule has 0 atom stereocenters. The van der Waals surface area contributed by atoms with E-state index in [4.69, 9.17) is 29.1 Å². The normalized spacial score (nSPS) is 9.67. The zero-order chi connectivity index (χ0) is 31.2. The first-order valence-corrected chi connectivity index (χ1v) is 12.2. The third-order valence-electron chi connectivity index (χ3n) is 4.78. The third-order valence-corrected chi connectivity index (χ3v) is 5.32. The minimum atomic E-state index is -1.28. The molecule has 0 heterocycles. The number of nitrogens with two attached hydrogens (primary N) is 1. The molecule has 0 fully saturated rings. The molecule has 14 heteroatoms. The largest absolute Gasteiger partial charge is 0.351 e. The van der Waals surface area contributed by atoms with Crippen molar-refractivity contribution in [2.75, 3.05) is 9.74 Å². The van der Waals surface area contributed by atoms with Gasteiger partial charge in [0.25, 0.3) is 11.1 Å². The van der Waals surface area contributed by atoms with E-state index in [0.717, 1.165) is 30.0 Å². The number of rotatable bonds is 4. The Morgan fingerprint density at radius 2 is 1.21 bits per heavy atom. The number of nitrogens with one attached hydrogen (secondary N) is 2. The molecule has 0 aliphatic rings. The Balaban J connectivity index is 0.000000246. The third kappa shape index (κ3) is 10.2. The summed E-state index contributed by atoms with van der Waals surface area (Å²) >= 11 is 10.6. The average Bonchev–Trinajstić information content (AvgIpc) is 2.97. The van der Waals surface area contributed by atoms with Gasteiger partial charge in [0.15, 0.2) is 23.3 Å². The number of carbonyl (C=O) groups is 4. The van der Waals surface area contributed by atoms with Gasteiger partial charge in [-0.1, -0.05) is 48.5 Å². The Hall–Kier alpha value is -4.94. The van der Waals surface area contributed by atoms with Gasteiger partial charge in [0.2, 0.25) is 0 Å². The summed E-state index contributed by atoms with van der Waals surface area (Å²) in [6.07, 6.45) is 0. The monoisotopic (exact) mass is 622 g/mol. The average molecular weight is 623 g/mol. The van der Waals surface area contributed by atoms with Gasteiger partial charge in [-0.05, 0) is 60.1 Å². The molecule has 8 nitrogen and oxygen atoms in total. The van der Waals surface area contributed by atoms with Crippen molar-refractivity contribution >= 4 is 58.0 Å². The van der Waals surface area contributed by atoms with E-state index in [1.165, 1.54) is 24.3 Å². The van der Waals surface area contributed by atoms with Crippen LogP contribution in [0.5, 0.6) is 0 Å². The summed E-state index contributed by atoms with van der Waals surface area (Å²) in [4.78, 5) is 44.2. The number of benzene rings is 4. The van der Waals surface area contributed by atoms with E-state index in [1.54, 1.807) is 30.3 Å². The lowest BCUT2D eigenvalue weighted by atomic mass is 10.2. The molecule has 0 unspecified atom stereocenters. The van der Waals surface area contributed by atoms with Gasteiger partial charge in [-0.25, -0.2) is 31.6 Å². The quantitative estimate of drug-likeness (QED) is 0.129. The number of para-hydroxylation sites is 1. The lowest BCUT2D eigenvalue weighted by Crippen LogP contribution is -2.38. The zero-order valence-electron chi connectivity index (χ0n) is 21.2. The second-order valence-corrected chi connectivity index (χ2v) is 8.39. The molecule has 0 bridgehead atoms. The van der Waals surface area contributed by atoms with E-state index in [1.807, 2.05) is 23.5 Å². The number of primary amides is 1. The summed E-state index contributed by atoms with van der Waals surface area (Å²) in [5, 5.41) is 3.41. The first-order valence-electron chi connectivity index (χ1n) is 11.5. The molecule has 0 aliphatic carbocycles. The molecule has 0 saturated carbocycles. The van der Waals surface area contributed by atoms with Gasteiger partial charge >= 0.3 is 12.1 Å². The van der Waals surface area contributed by atoms with Gasteiger partial charge in [-0.2, -0.15) is 0 Å². The van der Waals surface area contributed by atoms with E-state index in [2.05, 4.69) is 5.32 Å². The number of hydrogen-bond donors (Lipinski definition) is 3. The molecule has 0 saturated heterocycles. The fourth-order valence-corrected chi connectivity index (χ4v) is 3.20. The molecule has 4 rings (SSSR count). The van der Waals surface area contributed by atoms with Crippen LogP contribution in [-0.2, 0) is 0 Å². The van der Waals surface area contributed by atoms with Gasteiger partial charge in [0.1, 0.15) is 5.69 Å². The van der Waals surface area contributed by atoms with E-state index in [9.17, 15) is 36.7 Å². The maximum Gasteiger partial charge on any atom is 0.343 e. The first-order chi connectivity index (χ1) is 19.9. The fraction of sp³-hybridized carbons (Fsp3) is 0. The van der Waals surface area contributed by atoms with Crippen molar-refractivity contribution in [2.24, 2.45) is 5.73 Å². The Morgan fingerprint density at radius 3 is 1.74 bits per heavy atom. The highest BCUT2D eigenvalue weighted by molar-refractivity contribution is 6.67. The Bertz CT molecular complexity index is 1550. The lowest BCUT2D eigenvalue weighted by molar-refractivity contribution is 0.0965. The number of carbonyl (C=O) groups excluding carboxylic acids is 4. The van der Waals surface area contributed by atoms with Crippen LogP contribution < -0.4 is 20.8 Å². The summed E-state index contributed by atoms with van der Waals surface area (Å²) in [6, 6.07) is 21.8. The topological polar surface area (TPSA) is 122 Å². The molecule has 5 amide bonds. The van der Waals surface area contributed by atoms with Crippen LogP contribution in [0, 0.1) is 23.3 Å². The standard InChI is InChI=1S/C14H9ClF2N2O2.C7H3ClF2O.C7H8N2O/c15-19(11-8-4-7-10(16)12(11)17)14(21)18-13(20)9-5-2-1-3-6-9;8-7(11)4-2-1-3-5(9)6(4)10;8-7(10)9-6-4-2-1-3-5-6/h1-8H,(H,18,20,21);1-3H;1-5H,(H3,8,9,10). The summed E-state index contributed by atoms with van der Waals surface area (Å²) < 4.78 is 51.8. The SMILES string of the molecule is NC(=O)Nc1ccccc1.O=C(Cl)c1cccc(F)c1F.O=C(NC(=O)N(Cl)c1cccc(F)c1F)c1ccccc1. The first kappa shape index (κ1) is 33.3. The van der Waals surface area contributed by atoms with E-state index >= 15 is 0 Å². The molecule has 0 aromatic heterocycles. The van der Waals surface area contributed by atoms with E-state index in [0.29, 0.717) is 4.42 Å². The highest BCUT2D eigenvalue weighted by Crippen LogP contribution is 2.23. The highest BCUT2D eigenvalue weighted by atomic mass is 35.5. The van der Waals surface area contributed by atoms with Crippen LogP contribution in [0.15, 0.2) is 97.1 Å². The number of imide groups is 1. The molecule has 4 N–H and O–H groups in total. The Morgan fingerprint density at radius 1 is 0.690 bits per heavy atom. The number of nitrogens with zero attached hydrogens (tertiary/aromatic N) is 1. The van der Waals surface area contributed by atoms with E-state index in [-0.39, 0.29) is 5.56 Å². The van der Waals surface area contributed by atoms with Gasteiger partial charge in [0.05, 0.1) is 5.56 Å². The summed E-state index contributed by atoms with van der Waals surface area (Å²) in [5.74, 6) is -5.41. The molecule has 42 heavy (non-hydrogen) atoms. The molecule has 218 valence electrons. The summed E-state index contributed by atoms with van der Waals surface area (Å²) in [6.45, 7) is 0. The molecule has 0 aliphatic heterocycles. The highest BCUT2D eigenvalue weighted by Gasteiger charge is 2.21. The predicted octanol–water partition coefficient (Wildman–Crippen LogP) is 7.00. The fourth-order valence-electron chi connectivity index (χ4n) is 2.88.